The van der Waals surface area contributed by atoms with Crippen LogP contribution in [0.5, 0.6) is 0 Å². The quantitative estimate of drug-likeness (QED) is 0.233. The number of methoxy groups -OCH3 is 1. The lowest BCUT2D eigenvalue weighted by molar-refractivity contribution is 0.0435. The molecule has 0 amide bonds. The number of allylic oxidation sites excluding steroid dienone is 2. The summed E-state index contributed by atoms with van der Waals surface area (Å²) in [6.45, 7) is 22.8. The van der Waals surface area contributed by atoms with E-state index in [4.69, 9.17) is 9.16 Å². The zero-order valence-electron chi connectivity index (χ0n) is 26.7. The molecular formula is C34H60O3Si. The zero-order chi connectivity index (χ0) is 28.3. The van der Waals surface area contributed by atoms with Gasteiger partial charge in [-0.1, -0.05) is 65.3 Å². The van der Waals surface area contributed by atoms with E-state index < -0.39 is 13.9 Å². The number of hydrogen-bond acceptors (Lipinski definition) is 3. The normalized spacial score (nSPS) is 39.3. The molecule has 4 aliphatic rings. The molecule has 218 valence electrons. The lowest BCUT2D eigenvalue weighted by Gasteiger charge is -2.44. The summed E-state index contributed by atoms with van der Waals surface area (Å²) >= 11 is 0. The van der Waals surface area contributed by atoms with Crippen LogP contribution in [0.1, 0.15) is 107 Å². The van der Waals surface area contributed by atoms with Gasteiger partial charge in [0.1, 0.15) is 0 Å². The van der Waals surface area contributed by atoms with Gasteiger partial charge in [0.2, 0.25) is 0 Å². The van der Waals surface area contributed by atoms with Crippen molar-refractivity contribution in [2.75, 3.05) is 7.11 Å². The molecule has 0 aromatic rings. The van der Waals surface area contributed by atoms with Crippen molar-refractivity contribution >= 4 is 8.32 Å². The fraction of sp³-hybridized carbons (Fsp3) is 0.882. The number of rotatable bonds is 9. The van der Waals surface area contributed by atoms with Crippen molar-refractivity contribution < 1.29 is 14.3 Å². The minimum absolute atomic E-state index is 0.167. The summed E-state index contributed by atoms with van der Waals surface area (Å²) < 4.78 is 13.2. The lowest BCUT2D eigenvalue weighted by Crippen LogP contribution is -2.44. The van der Waals surface area contributed by atoms with Gasteiger partial charge in [-0.2, -0.15) is 0 Å². The minimum Gasteiger partial charge on any atom is -0.414 e. The van der Waals surface area contributed by atoms with Gasteiger partial charge >= 0.3 is 0 Å². The number of aliphatic hydroxyl groups is 1. The van der Waals surface area contributed by atoms with E-state index in [1.807, 2.05) is 21.0 Å². The second-order valence-corrected chi connectivity index (χ2v) is 21.0. The van der Waals surface area contributed by atoms with E-state index in [0.29, 0.717) is 34.7 Å². The molecule has 0 saturated heterocycles. The van der Waals surface area contributed by atoms with Crippen molar-refractivity contribution in [3.05, 3.63) is 23.8 Å². The van der Waals surface area contributed by atoms with Crippen LogP contribution in [0.25, 0.3) is 0 Å². The minimum atomic E-state index is -1.75. The third-order valence-electron chi connectivity index (χ3n) is 12.4. The molecule has 0 aromatic carbocycles. The Morgan fingerprint density at radius 2 is 1.74 bits per heavy atom. The summed E-state index contributed by atoms with van der Waals surface area (Å²) in [5.74, 6) is 2.88. The highest BCUT2D eigenvalue weighted by Gasteiger charge is 2.65. The summed E-state index contributed by atoms with van der Waals surface area (Å²) in [4.78, 5) is 0. The van der Waals surface area contributed by atoms with Crippen LogP contribution >= 0.6 is 0 Å². The molecule has 4 heteroatoms. The van der Waals surface area contributed by atoms with Crippen LogP contribution < -0.4 is 0 Å². The van der Waals surface area contributed by atoms with Crippen LogP contribution in [0.3, 0.4) is 0 Å². The second kappa shape index (κ2) is 10.4. The second-order valence-electron chi connectivity index (χ2n) is 16.3. The molecule has 38 heavy (non-hydrogen) atoms. The summed E-state index contributed by atoms with van der Waals surface area (Å²) in [5, 5.41) is 10.7. The Morgan fingerprint density at radius 3 is 2.34 bits per heavy atom. The van der Waals surface area contributed by atoms with Gasteiger partial charge in [-0.15, -0.1) is 0 Å². The van der Waals surface area contributed by atoms with Gasteiger partial charge in [0.05, 0.1) is 11.7 Å². The Morgan fingerprint density at radius 1 is 1.05 bits per heavy atom. The average molecular weight is 545 g/mol. The van der Waals surface area contributed by atoms with Crippen molar-refractivity contribution in [2.45, 2.75) is 143 Å². The third kappa shape index (κ3) is 5.67. The Bertz CT molecular complexity index is 908. The van der Waals surface area contributed by atoms with Gasteiger partial charge < -0.3 is 14.3 Å². The van der Waals surface area contributed by atoms with Crippen LogP contribution in [0, 0.1) is 40.4 Å². The molecule has 0 aromatic heterocycles. The SMILES string of the molecule is CO[C@H](/C=C1\CCC[C@]2(C)[C@@H]([C@H](C)/C=C/[C@H](C)C(C)(C)O)CC[C@@H]12)[C@@]12C[C@@H](O[Si](C)(C)C(C)(C)C)C[C@@H]1C2. The highest BCUT2D eigenvalue weighted by molar-refractivity contribution is 6.74. The molecule has 0 unspecified atom stereocenters. The first-order valence-electron chi connectivity index (χ1n) is 15.8. The first-order chi connectivity index (χ1) is 17.4. The van der Waals surface area contributed by atoms with Gasteiger partial charge in [-0.25, -0.2) is 0 Å². The van der Waals surface area contributed by atoms with Crippen molar-refractivity contribution in [2.24, 2.45) is 40.4 Å². The lowest BCUT2D eigenvalue weighted by atomic mass is 9.61. The maximum absolute atomic E-state index is 10.4. The van der Waals surface area contributed by atoms with Crippen LogP contribution in [0.4, 0.5) is 0 Å². The predicted octanol–water partition coefficient (Wildman–Crippen LogP) is 8.93. The molecule has 0 spiro atoms. The predicted molar refractivity (Wildman–Crippen MR) is 163 cm³/mol. The topological polar surface area (TPSA) is 38.7 Å². The van der Waals surface area contributed by atoms with Crippen molar-refractivity contribution in [1.29, 1.82) is 0 Å². The third-order valence-corrected chi connectivity index (χ3v) is 16.9. The summed E-state index contributed by atoms with van der Waals surface area (Å²) in [7, 11) is 0.203. The fourth-order valence-corrected chi connectivity index (χ4v) is 9.82. The summed E-state index contributed by atoms with van der Waals surface area (Å²) in [5.41, 5.74) is 1.71. The molecule has 0 aliphatic heterocycles. The van der Waals surface area contributed by atoms with Crippen LogP contribution in [-0.4, -0.2) is 38.3 Å². The van der Waals surface area contributed by atoms with Gasteiger partial charge in [-0.3, -0.25) is 0 Å². The van der Waals surface area contributed by atoms with Crippen LogP contribution in [-0.2, 0) is 9.16 Å². The maximum atomic E-state index is 10.4. The van der Waals surface area contributed by atoms with Crippen LogP contribution in [0.2, 0.25) is 18.1 Å². The highest BCUT2D eigenvalue weighted by Crippen LogP contribution is 2.68. The Hall–Kier alpha value is -0.423. The monoisotopic (exact) mass is 544 g/mol. The Labute approximate surface area is 236 Å². The van der Waals surface area contributed by atoms with E-state index in [9.17, 15) is 5.11 Å². The van der Waals surface area contributed by atoms with Crippen molar-refractivity contribution in [1.82, 2.24) is 0 Å². The number of fused-ring (bicyclic) bond motifs is 2. The van der Waals surface area contributed by atoms with E-state index in [0.717, 1.165) is 5.92 Å². The molecule has 0 bridgehead atoms. The molecule has 1 N–H and O–H groups in total. The van der Waals surface area contributed by atoms with E-state index in [-0.39, 0.29) is 17.1 Å². The van der Waals surface area contributed by atoms with Gasteiger partial charge in [0.25, 0.3) is 0 Å². The fourth-order valence-electron chi connectivity index (χ4n) is 8.46. The molecule has 4 aliphatic carbocycles. The van der Waals surface area contributed by atoms with Crippen molar-refractivity contribution in [3.63, 3.8) is 0 Å². The molecule has 3 nitrogen and oxygen atoms in total. The Balaban J connectivity index is 1.47. The number of ether oxygens (including phenoxy) is 1. The molecule has 4 saturated carbocycles. The molecular weight excluding hydrogens is 484 g/mol. The maximum Gasteiger partial charge on any atom is 0.192 e. The molecule has 4 fully saturated rings. The molecule has 0 radical (unpaired) electrons. The smallest absolute Gasteiger partial charge is 0.192 e. The van der Waals surface area contributed by atoms with Gasteiger partial charge in [-0.05, 0) is 112 Å². The first kappa shape index (κ1) is 30.5. The van der Waals surface area contributed by atoms with E-state index in [2.05, 4.69) is 72.9 Å². The largest absolute Gasteiger partial charge is 0.414 e. The Kier molecular flexibility index (Phi) is 8.39. The van der Waals surface area contributed by atoms with E-state index in [1.54, 1.807) is 5.57 Å². The van der Waals surface area contributed by atoms with Crippen molar-refractivity contribution in [3.8, 4) is 0 Å². The summed E-state index contributed by atoms with van der Waals surface area (Å²) in [6.07, 6.45) is 18.2. The average Bonchev–Trinajstić information content (AvgIpc) is 3.16. The van der Waals surface area contributed by atoms with E-state index >= 15 is 0 Å². The molecule has 0 heterocycles. The highest BCUT2D eigenvalue weighted by atomic mass is 28.4. The zero-order valence-corrected chi connectivity index (χ0v) is 27.7. The molecule has 9 atom stereocenters. The summed E-state index contributed by atoms with van der Waals surface area (Å²) in [6, 6.07) is 0. The van der Waals surface area contributed by atoms with Gasteiger partial charge in [0, 0.05) is 24.5 Å². The van der Waals surface area contributed by atoms with E-state index in [1.165, 1.54) is 51.4 Å². The van der Waals surface area contributed by atoms with Gasteiger partial charge in [0.15, 0.2) is 8.32 Å². The molecule has 4 rings (SSSR count). The van der Waals surface area contributed by atoms with Crippen LogP contribution in [0.15, 0.2) is 23.8 Å². The first-order valence-corrected chi connectivity index (χ1v) is 18.7. The number of hydrogen-bond donors (Lipinski definition) is 1. The standard InChI is InChI=1S/C34H60O3Si/c1-23(14-15-24(2)32(6,7)35)28-16-17-29-25(13-12-18-33(28,29)8)19-30(36-9)34-21-26(34)20-27(22-34)37-38(10,11)31(3,4)5/h14-15,19,23-24,26-30,35H,12-13,16-18,20-22H2,1-11H3/b15-14+,25-19+/t23-,24+,26-,27+,28-,29+,30-,33-,34+/m1/s1.